The van der Waals surface area contributed by atoms with Crippen LogP contribution in [-0.2, 0) is 19.7 Å². The van der Waals surface area contributed by atoms with Crippen molar-refractivity contribution in [3.8, 4) is 11.5 Å². The fourth-order valence-electron chi connectivity index (χ4n) is 1.87. The smallest absolute Gasteiger partial charge is 0.130 e. The number of imidazole rings is 1. The van der Waals surface area contributed by atoms with Gasteiger partial charge in [0.15, 0.2) is 0 Å². The molecule has 0 aliphatic rings. The maximum absolute atomic E-state index is 5.84. The predicted molar refractivity (Wildman–Crippen MR) is 73.1 cm³/mol. The van der Waals surface area contributed by atoms with Gasteiger partial charge in [-0.3, -0.25) is 0 Å². The summed E-state index contributed by atoms with van der Waals surface area (Å²) in [7, 11) is 1.63. The van der Waals surface area contributed by atoms with Gasteiger partial charge < -0.3 is 19.8 Å². The first-order valence-corrected chi connectivity index (χ1v) is 6.27. The molecule has 0 amide bonds. The minimum atomic E-state index is 0.437. The maximum Gasteiger partial charge on any atom is 0.130 e. The highest BCUT2D eigenvalue weighted by molar-refractivity contribution is 5.40. The van der Waals surface area contributed by atoms with Gasteiger partial charge in [0.2, 0.25) is 0 Å². The quantitative estimate of drug-likeness (QED) is 0.863. The number of nitrogens with two attached hydrogens (primary N) is 1. The van der Waals surface area contributed by atoms with E-state index in [1.165, 1.54) is 0 Å². The molecule has 1 aromatic heterocycles. The maximum atomic E-state index is 5.84. The van der Waals surface area contributed by atoms with Crippen LogP contribution < -0.4 is 15.2 Å². The van der Waals surface area contributed by atoms with Crippen molar-refractivity contribution in [2.24, 2.45) is 5.73 Å². The second-order valence-electron chi connectivity index (χ2n) is 4.14. The molecule has 0 fully saturated rings. The zero-order valence-corrected chi connectivity index (χ0v) is 11.3. The number of aryl methyl sites for hydroxylation is 1. The topological polar surface area (TPSA) is 62.3 Å². The van der Waals surface area contributed by atoms with Crippen molar-refractivity contribution in [3.63, 3.8) is 0 Å². The van der Waals surface area contributed by atoms with Gasteiger partial charge in [-0.2, -0.15) is 0 Å². The largest absolute Gasteiger partial charge is 0.497 e. The van der Waals surface area contributed by atoms with Gasteiger partial charge in [0.1, 0.15) is 18.1 Å². The molecule has 0 aliphatic heterocycles. The molecule has 0 aliphatic carbocycles. The van der Waals surface area contributed by atoms with E-state index in [2.05, 4.69) is 11.9 Å². The van der Waals surface area contributed by atoms with Crippen molar-refractivity contribution in [2.75, 3.05) is 7.11 Å². The Morgan fingerprint density at radius 3 is 2.89 bits per heavy atom. The zero-order valence-electron chi connectivity index (χ0n) is 11.3. The number of nitrogens with zero attached hydrogens (tertiary/aromatic N) is 2. The lowest BCUT2D eigenvalue weighted by molar-refractivity contribution is 0.290. The van der Waals surface area contributed by atoms with Crippen molar-refractivity contribution in [1.82, 2.24) is 9.55 Å². The van der Waals surface area contributed by atoms with Gasteiger partial charge in [-0.15, -0.1) is 0 Å². The summed E-state index contributed by atoms with van der Waals surface area (Å²) in [6.07, 6.45) is 3.61. The van der Waals surface area contributed by atoms with E-state index in [4.69, 9.17) is 15.2 Å². The number of hydrogen-bond donors (Lipinski definition) is 1. The van der Waals surface area contributed by atoms with Crippen LogP contribution in [0.15, 0.2) is 30.7 Å². The first-order valence-electron chi connectivity index (χ1n) is 6.27. The molecule has 0 saturated heterocycles. The normalized spacial score (nSPS) is 10.5. The molecule has 5 heteroatoms. The molecule has 5 nitrogen and oxygen atoms in total. The third kappa shape index (κ3) is 3.06. The summed E-state index contributed by atoms with van der Waals surface area (Å²) in [6, 6.07) is 5.66. The fourth-order valence-corrected chi connectivity index (χ4v) is 1.87. The van der Waals surface area contributed by atoms with E-state index in [9.17, 15) is 0 Å². The lowest BCUT2D eigenvalue weighted by atomic mass is 10.2. The van der Waals surface area contributed by atoms with Crippen molar-refractivity contribution in [2.45, 2.75) is 26.6 Å². The molecule has 2 rings (SSSR count). The van der Waals surface area contributed by atoms with Gasteiger partial charge in [-0.25, -0.2) is 4.98 Å². The third-order valence-corrected chi connectivity index (χ3v) is 3.01. The van der Waals surface area contributed by atoms with Crippen molar-refractivity contribution in [3.05, 3.63) is 42.0 Å². The van der Waals surface area contributed by atoms with E-state index >= 15 is 0 Å². The number of methoxy groups -OCH3 is 1. The lowest BCUT2D eigenvalue weighted by Crippen LogP contribution is -2.06. The molecule has 1 heterocycles. The van der Waals surface area contributed by atoms with E-state index in [-0.39, 0.29) is 0 Å². The average Bonchev–Trinajstić information content (AvgIpc) is 2.92. The van der Waals surface area contributed by atoms with Crippen LogP contribution in [0.5, 0.6) is 11.5 Å². The molecule has 0 saturated carbocycles. The molecule has 0 atom stereocenters. The molecule has 0 spiro atoms. The fraction of sp³-hybridized carbons (Fsp3) is 0.357. The third-order valence-electron chi connectivity index (χ3n) is 3.01. The van der Waals surface area contributed by atoms with Gasteiger partial charge in [0.05, 0.1) is 25.3 Å². The summed E-state index contributed by atoms with van der Waals surface area (Å²) in [5.74, 6) is 1.52. The minimum absolute atomic E-state index is 0.437. The number of rotatable bonds is 6. The first-order chi connectivity index (χ1) is 9.28. The molecule has 2 aromatic rings. The van der Waals surface area contributed by atoms with Crippen LogP contribution in [0.2, 0.25) is 0 Å². The Bertz CT molecular complexity index is 537. The van der Waals surface area contributed by atoms with Gasteiger partial charge in [-0.05, 0) is 13.0 Å². The first kappa shape index (κ1) is 13.4. The number of aromatic nitrogens is 2. The Balaban J connectivity index is 2.14. The van der Waals surface area contributed by atoms with Crippen LogP contribution >= 0.6 is 0 Å². The van der Waals surface area contributed by atoms with Crippen molar-refractivity contribution in [1.29, 1.82) is 0 Å². The summed E-state index contributed by atoms with van der Waals surface area (Å²) in [6.45, 7) is 3.85. The van der Waals surface area contributed by atoms with E-state index in [1.807, 2.05) is 29.0 Å². The Morgan fingerprint density at radius 2 is 2.21 bits per heavy atom. The highest BCUT2D eigenvalue weighted by atomic mass is 16.5. The lowest BCUT2D eigenvalue weighted by Gasteiger charge is -2.12. The molecule has 19 heavy (non-hydrogen) atoms. The summed E-state index contributed by atoms with van der Waals surface area (Å²) in [4.78, 5) is 4.12. The minimum Gasteiger partial charge on any atom is -0.497 e. The molecule has 0 bridgehead atoms. The summed E-state index contributed by atoms with van der Waals surface area (Å²) < 4.78 is 13.1. The molecule has 102 valence electrons. The molecule has 0 radical (unpaired) electrons. The highest BCUT2D eigenvalue weighted by Gasteiger charge is 2.07. The Morgan fingerprint density at radius 1 is 1.37 bits per heavy atom. The second-order valence-corrected chi connectivity index (χ2v) is 4.14. The van der Waals surface area contributed by atoms with Gasteiger partial charge >= 0.3 is 0 Å². The monoisotopic (exact) mass is 261 g/mol. The number of ether oxygens (including phenoxy) is 2. The highest BCUT2D eigenvalue weighted by Crippen LogP contribution is 2.25. The molecule has 0 unspecified atom stereocenters. The Kier molecular flexibility index (Phi) is 4.41. The van der Waals surface area contributed by atoms with Crippen LogP contribution in [-0.4, -0.2) is 16.7 Å². The predicted octanol–water partition coefficient (Wildman–Crippen LogP) is 1.95. The van der Waals surface area contributed by atoms with Crippen LogP contribution in [0.25, 0.3) is 0 Å². The molecular formula is C14H19N3O2. The molecular weight excluding hydrogens is 242 g/mol. The van der Waals surface area contributed by atoms with Crippen molar-refractivity contribution >= 4 is 0 Å². The van der Waals surface area contributed by atoms with Crippen LogP contribution in [0.1, 0.15) is 18.2 Å². The molecule has 1 aromatic carbocycles. The van der Waals surface area contributed by atoms with Gasteiger partial charge in [0, 0.05) is 24.7 Å². The Hall–Kier alpha value is -2.01. The van der Waals surface area contributed by atoms with Gasteiger partial charge in [0.25, 0.3) is 0 Å². The Labute approximate surface area is 113 Å². The zero-order chi connectivity index (χ0) is 13.7. The van der Waals surface area contributed by atoms with Gasteiger partial charge in [-0.1, -0.05) is 6.07 Å². The molecule has 2 N–H and O–H groups in total. The second kappa shape index (κ2) is 6.24. The van der Waals surface area contributed by atoms with E-state index in [1.54, 1.807) is 13.4 Å². The van der Waals surface area contributed by atoms with E-state index in [0.29, 0.717) is 13.2 Å². The number of benzene rings is 1. The summed E-state index contributed by atoms with van der Waals surface area (Å²) >= 11 is 0. The van der Waals surface area contributed by atoms with Crippen LogP contribution in [0, 0.1) is 0 Å². The van der Waals surface area contributed by atoms with E-state index < -0.39 is 0 Å². The van der Waals surface area contributed by atoms with Crippen LogP contribution in [0.3, 0.4) is 0 Å². The van der Waals surface area contributed by atoms with Crippen molar-refractivity contribution < 1.29 is 9.47 Å². The number of hydrogen-bond acceptors (Lipinski definition) is 4. The standard InChI is InChI=1S/C14H19N3O2/c1-3-17-10-16-8-12(17)9-19-14-6-13(18-2)5-4-11(14)7-15/h4-6,8,10H,3,7,9,15H2,1-2H3. The summed E-state index contributed by atoms with van der Waals surface area (Å²) in [5, 5.41) is 0. The average molecular weight is 261 g/mol. The van der Waals surface area contributed by atoms with E-state index in [0.717, 1.165) is 29.3 Å². The SMILES string of the molecule is CCn1cncc1COc1cc(OC)ccc1CN. The summed E-state index contributed by atoms with van der Waals surface area (Å²) in [5.41, 5.74) is 7.71. The van der Waals surface area contributed by atoms with Crippen LogP contribution in [0.4, 0.5) is 0 Å².